The largest absolute Gasteiger partial charge is 0.340 e. The fraction of sp³-hybridized carbons (Fsp3) is 0.500. The standard InChI is InChI=1S/C12H17N5O/c1-9(2)5-17-12(13-7-15-17)4-11(18)10-6-16(3)8-14-10/h6-9H,4-5H2,1-3H3. The molecule has 0 fully saturated rings. The third-order valence-electron chi connectivity index (χ3n) is 2.54. The van der Waals surface area contributed by atoms with Gasteiger partial charge in [-0.3, -0.25) is 4.79 Å². The molecule has 0 spiro atoms. The number of aryl methyl sites for hydroxylation is 1. The molecule has 0 aromatic carbocycles. The van der Waals surface area contributed by atoms with Crippen LogP contribution in [0.25, 0.3) is 0 Å². The van der Waals surface area contributed by atoms with Crippen LogP contribution in [0.1, 0.15) is 30.2 Å². The highest BCUT2D eigenvalue weighted by atomic mass is 16.1. The predicted octanol–water partition coefficient (Wildman–Crippen LogP) is 1.09. The van der Waals surface area contributed by atoms with Gasteiger partial charge in [-0.1, -0.05) is 13.8 Å². The SMILES string of the molecule is CC(C)Cn1ncnc1CC(=O)c1cn(C)cn1. The number of carbonyl (C=O) groups is 1. The Hall–Kier alpha value is -1.98. The number of hydrogen-bond donors (Lipinski definition) is 0. The van der Waals surface area contributed by atoms with E-state index >= 15 is 0 Å². The van der Waals surface area contributed by atoms with E-state index in [0.717, 1.165) is 6.54 Å². The molecule has 0 unspecified atom stereocenters. The summed E-state index contributed by atoms with van der Waals surface area (Å²) in [5, 5.41) is 4.14. The number of hydrogen-bond acceptors (Lipinski definition) is 4. The third kappa shape index (κ3) is 2.82. The molecule has 0 N–H and O–H groups in total. The Bertz CT molecular complexity index is 540. The smallest absolute Gasteiger partial charge is 0.190 e. The number of rotatable bonds is 5. The highest BCUT2D eigenvalue weighted by Gasteiger charge is 2.14. The lowest BCUT2D eigenvalue weighted by atomic mass is 10.2. The molecule has 0 aliphatic carbocycles. The van der Waals surface area contributed by atoms with Crippen molar-refractivity contribution in [3.63, 3.8) is 0 Å². The molecule has 2 aromatic rings. The Morgan fingerprint density at radius 2 is 2.17 bits per heavy atom. The number of nitrogens with zero attached hydrogens (tertiary/aromatic N) is 5. The molecule has 0 amide bonds. The van der Waals surface area contributed by atoms with E-state index in [0.29, 0.717) is 17.4 Å². The Labute approximate surface area is 106 Å². The summed E-state index contributed by atoms with van der Waals surface area (Å²) < 4.78 is 3.54. The number of carbonyl (C=O) groups excluding carboxylic acids is 1. The van der Waals surface area contributed by atoms with Crippen LogP contribution in [0.15, 0.2) is 18.9 Å². The Balaban J connectivity index is 2.10. The average Bonchev–Trinajstić information content (AvgIpc) is 2.88. The first kappa shape index (κ1) is 12.5. The monoisotopic (exact) mass is 247 g/mol. The fourth-order valence-electron chi connectivity index (χ4n) is 1.71. The summed E-state index contributed by atoms with van der Waals surface area (Å²) in [6.45, 7) is 4.98. The predicted molar refractivity (Wildman–Crippen MR) is 66.1 cm³/mol. The molecule has 0 saturated carbocycles. The van der Waals surface area contributed by atoms with Crippen molar-refractivity contribution < 1.29 is 4.79 Å². The van der Waals surface area contributed by atoms with E-state index in [1.165, 1.54) is 6.33 Å². The van der Waals surface area contributed by atoms with Crippen molar-refractivity contribution >= 4 is 5.78 Å². The third-order valence-corrected chi connectivity index (χ3v) is 2.54. The molecule has 6 nitrogen and oxygen atoms in total. The van der Waals surface area contributed by atoms with Gasteiger partial charge < -0.3 is 4.57 Å². The van der Waals surface area contributed by atoms with E-state index in [9.17, 15) is 4.79 Å². The molecular weight excluding hydrogens is 230 g/mol. The van der Waals surface area contributed by atoms with E-state index in [4.69, 9.17) is 0 Å². The minimum atomic E-state index is -0.0337. The molecule has 0 bridgehead atoms. The van der Waals surface area contributed by atoms with Gasteiger partial charge in [-0.2, -0.15) is 5.10 Å². The Morgan fingerprint density at radius 3 is 2.78 bits per heavy atom. The minimum Gasteiger partial charge on any atom is -0.340 e. The lowest BCUT2D eigenvalue weighted by Gasteiger charge is -2.07. The normalized spacial score (nSPS) is 11.1. The molecule has 2 aromatic heterocycles. The zero-order valence-electron chi connectivity index (χ0n) is 10.9. The molecule has 2 rings (SSSR count). The van der Waals surface area contributed by atoms with Gasteiger partial charge in [0.2, 0.25) is 0 Å². The fourth-order valence-corrected chi connectivity index (χ4v) is 1.71. The second-order valence-corrected chi connectivity index (χ2v) is 4.78. The lowest BCUT2D eigenvalue weighted by Crippen LogP contribution is -2.14. The maximum Gasteiger partial charge on any atom is 0.190 e. The molecule has 0 aliphatic heterocycles. The van der Waals surface area contributed by atoms with Gasteiger partial charge in [0.1, 0.15) is 17.8 Å². The molecule has 0 atom stereocenters. The van der Waals surface area contributed by atoms with Crippen LogP contribution in [0.3, 0.4) is 0 Å². The van der Waals surface area contributed by atoms with Crippen LogP contribution in [-0.2, 0) is 20.0 Å². The minimum absolute atomic E-state index is 0.0337. The second kappa shape index (κ2) is 5.12. The van der Waals surface area contributed by atoms with Gasteiger partial charge in [0.25, 0.3) is 0 Å². The van der Waals surface area contributed by atoms with Crippen LogP contribution >= 0.6 is 0 Å². The van der Waals surface area contributed by atoms with Crippen molar-refractivity contribution in [1.82, 2.24) is 24.3 Å². The number of imidazole rings is 1. The summed E-state index contributed by atoms with van der Waals surface area (Å²) in [6, 6.07) is 0. The van der Waals surface area contributed by atoms with Crippen LogP contribution in [0.5, 0.6) is 0 Å². The zero-order valence-corrected chi connectivity index (χ0v) is 10.9. The van der Waals surface area contributed by atoms with Crippen molar-refractivity contribution in [2.75, 3.05) is 0 Å². The first-order chi connectivity index (χ1) is 8.56. The summed E-state index contributed by atoms with van der Waals surface area (Å²) in [7, 11) is 1.84. The summed E-state index contributed by atoms with van der Waals surface area (Å²) >= 11 is 0. The van der Waals surface area contributed by atoms with Crippen LogP contribution in [0, 0.1) is 5.92 Å². The molecule has 0 radical (unpaired) electrons. The number of ketones is 1. The molecule has 18 heavy (non-hydrogen) atoms. The van der Waals surface area contributed by atoms with Crippen LogP contribution < -0.4 is 0 Å². The summed E-state index contributed by atoms with van der Waals surface area (Å²) in [4.78, 5) is 20.2. The quantitative estimate of drug-likeness (QED) is 0.742. The van der Waals surface area contributed by atoms with Crippen molar-refractivity contribution in [1.29, 1.82) is 0 Å². The van der Waals surface area contributed by atoms with E-state index in [-0.39, 0.29) is 12.2 Å². The highest BCUT2D eigenvalue weighted by molar-refractivity contribution is 5.95. The Kier molecular flexibility index (Phi) is 3.55. The van der Waals surface area contributed by atoms with E-state index in [1.54, 1.807) is 21.8 Å². The van der Waals surface area contributed by atoms with E-state index in [2.05, 4.69) is 28.9 Å². The van der Waals surface area contributed by atoms with Crippen molar-refractivity contribution in [2.45, 2.75) is 26.8 Å². The van der Waals surface area contributed by atoms with Crippen LogP contribution in [-0.4, -0.2) is 30.1 Å². The molecule has 0 aliphatic rings. The highest BCUT2D eigenvalue weighted by Crippen LogP contribution is 2.05. The average molecular weight is 247 g/mol. The number of aromatic nitrogens is 5. The first-order valence-electron chi connectivity index (χ1n) is 5.94. The second-order valence-electron chi connectivity index (χ2n) is 4.78. The molecule has 96 valence electrons. The summed E-state index contributed by atoms with van der Waals surface area (Å²) in [5.41, 5.74) is 0.469. The van der Waals surface area contributed by atoms with Crippen molar-refractivity contribution in [3.8, 4) is 0 Å². The van der Waals surface area contributed by atoms with Gasteiger partial charge in [0, 0.05) is 19.8 Å². The van der Waals surface area contributed by atoms with Crippen molar-refractivity contribution in [3.05, 3.63) is 30.4 Å². The maximum atomic E-state index is 12.0. The maximum absolute atomic E-state index is 12.0. The van der Waals surface area contributed by atoms with Crippen molar-refractivity contribution in [2.24, 2.45) is 13.0 Å². The van der Waals surface area contributed by atoms with E-state index in [1.807, 2.05) is 7.05 Å². The Morgan fingerprint density at radius 1 is 1.39 bits per heavy atom. The van der Waals surface area contributed by atoms with Gasteiger partial charge >= 0.3 is 0 Å². The van der Waals surface area contributed by atoms with Crippen LogP contribution in [0.4, 0.5) is 0 Å². The van der Waals surface area contributed by atoms with E-state index < -0.39 is 0 Å². The topological polar surface area (TPSA) is 65.6 Å². The van der Waals surface area contributed by atoms with Crippen LogP contribution in [0.2, 0.25) is 0 Å². The summed E-state index contributed by atoms with van der Waals surface area (Å²) in [5.74, 6) is 1.13. The first-order valence-corrected chi connectivity index (χ1v) is 5.94. The zero-order chi connectivity index (χ0) is 13.1. The molecular formula is C12H17N5O. The molecule has 6 heteroatoms. The van der Waals surface area contributed by atoms with Gasteiger partial charge in [0.05, 0.1) is 12.7 Å². The molecule has 2 heterocycles. The van der Waals surface area contributed by atoms with Gasteiger partial charge in [-0.05, 0) is 5.92 Å². The van der Waals surface area contributed by atoms with Gasteiger partial charge in [-0.15, -0.1) is 0 Å². The van der Waals surface area contributed by atoms with Gasteiger partial charge in [-0.25, -0.2) is 14.6 Å². The summed E-state index contributed by atoms with van der Waals surface area (Å²) in [6.07, 6.45) is 5.06. The lowest BCUT2D eigenvalue weighted by molar-refractivity contribution is 0.0984. The van der Waals surface area contributed by atoms with Gasteiger partial charge in [0.15, 0.2) is 5.78 Å². The number of Topliss-reactive ketones (excluding diaryl/α,β-unsaturated/α-hetero) is 1. The molecule has 0 saturated heterocycles.